The van der Waals surface area contributed by atoms with Gasteiger partial charge in [-0.15, -0.1) is 0 Å². The Bertz CT molecular complexity index is 730. The number of esters is 2. The van der Waals surface area contributed by atoms with Gasteiger partial charge in [0.1, 0.15) is 0 Å². The third-order valence-corrected chi connectivity index (χ3v) is 4.65. The average molecular weight is 354 g/mol. The van der Waals surface area contributed by atoms with E-state index in [2.05, 4.69) is 0 Å². The lowest BCUT2D eigenvalue weighted by molar-refractivity contribution is -0.145. The highest BCUT2D eigenvalue weighted by molar-refractivity contribution is 5.79. The number of para-hydroxylation sites is 4. The van der Waals surface area contributed by atoms with Crippen LogP contribution in [0.4, 0.5) is 11.4 Å². The predicted molar refractivity (Wildman–Crippen MR) is 98.4 cm³/mol. The molecule has 1 aliphatic rings. The molecule has 26 heavy (non-hydrogen) atoms. The SMILES string of the molecule is Nc1ccccc1OC(=O)C1CCC(C(=O)Oc2ccccc2N)CC1. The number of carbonyl (C=O) groups is 2. The van der Waals surface area contributed by atoms with Crippen molar-refractivity contribution in [1.29, 1.82) is 0 Å². The van der Waals surface area contributed by atoms with Gasteiger partial charge in [0, 0.05) is 0 Å². The van der Waals surface area contributed by atoms with Crippen molar-refractivity contribution in [2.45, 2.75) is 25.7 Å². The first-order valence-corrected chi connectivity index (χ1v) is 8.67. The van der Waals surface area contributed by atoms with Gasteiger partial charge in [0.15, 0.2) is 11.5 Å². The number of ether oxygens (including phenoxy) is 2. The van der Waals surface area contributed by atoms with Crippen LogP contribution in [0.5, 0.6) is 11.5 Å². The molecule has 1 aliphatic carbocycles. The minimum Gasteiger partial charge on any atom is -0.424 e. The molecule has 6 heteroatoms. The van der Waals surface area contributed by atoms with E-state index in [1.54, 1.807) is 48.5 Å². The molecule has 0 aromatic heterocycles. The highest BCUT2D eigenvalue weighted by Gasteiger charge is 2.32. The zero-order chi connectivity index (χ0) is 18.5. The summed E-state index contributed by atoms with van der Waals surface area (Å²) in [5, 5.41) is 0. The van der Waals surface area contributed by atoms with E-state index in [-0.39, 0.29) is 23.8 Å². The van der Waals surface area contributed by atoms with Crippen molar-refractivity contribution < 1.29 is 19.1 Å². The summed E-state index contributed by atoms with van der Waals surface area (Å²) < 4.78 is 10.8. The second-order valence-corrected chi connectivity index (χ2v) is 6.47. The fourth-order valence-corrected chi connectivity index (χ4v) is 3.10. The quantitative estimate of drug-likeness (QED) is 0.496. The Kier molecular flexibility index (Phi) is 5.41. The van der Waals surface area contributed by atoms with Gasteiger partial charge in [-0.3, -0.25) is 9.59 Å². The largest absolute Gasteiger partial charge is 0.424 e. The van der Waals surface area contributed by atoms with Crippen LogP contribution in [-0.2, 0) is 9.59 Å². The number of benzene rings is 2. The smallest absolute Gasteiger partial charge is 0.314 e. The summed E-state index contributed by atoms with van der Waals surface area (Å²) in [4.78, 5) is 24.6. The molecule has 0 radical (unpaired) electrons. The van der Waals surface area contributed by atoms with Crippen LogP contribution in [0.1, 0.15) is 25.7 Å². The third-order valence-electron chi connectivity index (χ3n) is 4.65. The molecule has 0 amide bonds. The summed E-state index contributed by atoms with van der Waals surface area (Å²) in [7, 11) is 0. The minimum atomic E-state index is -0.304. The Balaban J connectivity index is 1.52. The van der Waals surface area contributed by atoms with E-state index in [1.165, 1.54) is 0 Å². The van der Waals surface area contributed by atoms with Gasteiger partial charge in [0.25, 0.3) is 0 Å². The average Bonchev–Trinajstić information content (AvgIpc) is 2.65. The molecule has 6 nitrogen and oxygen atoms in total. The van der Waals surface area contributed by atoms with Crippen LogP contribution >= 0.6 is 0 Å². The number of hydrogen-bond acceptors (Lipinski definition) is 6. The van der Waals surface area contributed by atoms with E-state index in [0.29, 0.717) is 48.6 Å². The summed E-state index contributed by atoms with van der Waals surface area (Å²) in [5.74, 6) is -0.331. The normalized spacial score (nSPS) is 19.5. The van der Waals surface area contributed by atoms with Crippen molar-refractivity contribution in [3.63, 3.8) is 0 Å². The lowest BCUT2D eigenvalue weighted by atomic mass is 9.82. The van der Waals surface area contributed by atoms with Gasteiger partial charge in [0.05, 0.1) is 23.2 Å². The first kappa shape index (κ1) is 17.8. The highest BCUT2D eigenvalue weighted by Crippen LogP contribution is 2.32. The Morgan fingerprint density at radius 3 is 1.38 bits per heavy atom. The molecule has 2 aromatic rings. The van der Waals surface area contributed by atoms with Crippen LogP contribution in [0.3, 0.4) is 0 Å². The van der Waals surface area contributed by atoms with Crippen molar-refractivity contribution in [2.24, 2.45) is 11.8 Å². The molecule has 0 unspecified atom stereocenters. The summed E-state index contributed by atoms with van der Waals surface area (Å²) in [6.45, 7) is 0. The van der Waals surface area contributed by atoms with E-state index in [4.69, 9.17) is 20.9 Å². The number of nitrogens with two attached hydrogens (primary N) is 2. The second-order valence-electron chi connectivity index (χ2n) is 6.47. The van der Waals surface area contributed by atoms with Crippen molar-refractivity contribution >= 4 is 23.3 Å². The molecule has 4 N–H and O–H groups in total. The van der Waals surface area contributed by atoms with Gasteiger partial charge >= 0.3 is 11.9 Å². The predicted octanol–water partition coefficient (Wildman–Crippen LogP) is 3.17. The van der Waals surface area contributed by atoms with Crippen molar-refractivity contribution in [3.8, 4) is 11.5 Å². The van der Waals surface area contributed by atoms with E-state index in [1.807, 2.05) is 0 Å². The molecule has 0 heterocycles. The maximum absolute atomic E-state index is 12.3. The molecule has 2 aromatic carbocycles. The maximum Gasteiger partial charge on any atom is 0.314 e. The standard InChI is InChI=1S/C20H22N2O4/c21-15-5-1-3-7-17(15)25-19(23)13-9-11-14(12-10-13)20(24)26-18-8-4-2-6-16(18)22/h1-8,13-14H,9-12,21-22H2. The monoisotopic (exact) mass is 354 g/mol. The van der Waals surface area contributed by atoms with Crippen LogP contribution in [0, 0.1) is 11.8 Å². The summed E-state index contributed by atoms with van der Waals surface area (Å²) in [5.41, 5.74) is 12.5. The summed E-state index contributed by atoms with van der Waals surface area (Å²) in [6, 6.07) is 13.8. The van der Waals surface area contributed by atoms with E-state index in [0.717, 1.165) is 0 Å². The van der Waals surface area contributed by atoms with E-state index in [9.17, 15) is 9.59 Å². The third kappa shape index (κ3) is 4.14. The van der Waals surface area contributed by atoms with Crippen molar-refractivity contribution in [1.82, 2.24) is 0 Å². The van der Waals surface area contributed by atoms with Crippen LogP contribution < -0.4 is 20.9 Å². The number of carbonyl (C=O) groups excluding carboxylic acids is 2. The molecule has 0 atom stereocenters. The van der Waals surface area contributed by atoms with Gasteiger partial charge < -0.3 is 20.9 Å². The summed E-state index contributed by atoms with van der Waals surface area (Å²) in [6.07, 6.45) is 2.32. The van der Waals surface area contributed by atoms with Gasteiger partial charge in [-0.2, -0.15) is 0 Å². The van der Waals surface area contributed by atoms with Crippen LogP contribution in [0.25, 0.3) is 0 Å². The van der Waals surface area contributed by atoms with Crippen molar-refractivity contribution in [3.05, 3.63) is 48.5 Å². The van der Waals surface area contributed by atoms with E-state index < -0.39 is 0 Å². The number of hydrogen-bond donors (Lipinski definition) is 2. The molecular formula is C20H22N2O4. The zero-order valence-electron chi connectivity index (χ0n) is 14.4. The molecule has 1 fully saturated rings. The Labute approximate surface area is 152 Å². The zero-order valence-corrected chi connectivity index (χ0v) is 14.4. The molecule has 3 rings (SSSR count). The van der Waals surface area contributed by atoms with E-state index >= 15 is 0 Å². The lowest BCUT2D eigenvalue weighted by Gasteiger charge is -2.26. The Morgan fingerprint density at radius 1 is 0.692 bits per heavy atom. The van der Waals surface area contributed by atoms with Gasteiger partial charge in [-0.25, -0.2) is 0 Å². The molecule has 0 bridgehead atoms. The molecule has 0 aliphatic heterocycles. The molecule has 0 spiro atoms. The van der Waals surface area contributed by atoms with Crippen LogP contribution in [0.15, 0.2) is 48.5 Å². The van der Waals surface area contributed by atoms with Crippen molar-refractivity contribution in [2.75, 3.05) is 11.5 Å². The maximum atomic E-state index is 12.3. The van der Waals surface area contributed by atoms with Gasteiger partial charge in [0.2, 0.25) is 0 Å². The van der Waals surface area contributed by atoms with Crippen LogP contribution in [-0.4, -0.2) is 11.9 Å². The molecule has 1 saturated carbocycles. The number of rotatable bonds is 4. The second kappa shape index (κ2) is 7.91. The molecular weight excluding hydrogens is 332 g/mol. The Hall–Kier alpha value is -3.02. The first-order chi connectivity index (χ1) is 12.5. The Morgan fingerprint density at radius 2 is 1.04 bits per heavy atom. The van der Waals surface area contributed by atoms with Gasteiger partial charge in [-0.1, -0.05) is 24.3 Å². The fourth-order valence-electron chi connectivity index (χ4n) is 3.10. The van der Waals surface area contributed by atoms with Gasteiger partial charge in [-0.05, 0) is 49.9 Å². The fraction of sp³-hybridized carbons (Fsp3) is 0.300. The number of nitrogen functional groups attached to an aromatic ring is 2. The first-order valence-electron chi connectivity index (χ1n) is 8.67. The highest BCUT2D eigenvalue weighted by atomic mass is 16.5. The molecule has 136 valence electrons. The lowest BCUT2D eigenvalue weighted by Crippen LogP contribution is -2.30. The minimum absolute atomic E-state index is 0.236. The number of anilines is 2. The summed E-state index contributed by atoms with van der Waals surface area (Å²) >= 11 is 0. The topological polar surface area (TPSA) is 105 Å². The molecule has 0 saturated heterocycles. The van der Waals surface area contributed by atoms with Crippen LogP contribution in [0.2, 0.25) is 0 Å².